The molecular weight excluding hydrogens is 198 g/mol. The fraction of sp³-hybridized carbons (Fsp3) is 0.308. The molecule has 3 N–H and O–H groups in total. The summed E-state index contributed by atoms with van der Waals surface area (Å²) in [5.74, 6) is 0.893. The third kappa shape index (κ3) is 2.42. The number of nitrogens with two attached hydrogens (primary N) is 1. The van der Waals surface area contributed by atoms with Crippen molar-refractivity contribution in [3.8, 4) is 0 Å². The lowest BCUT2D eigenvalue weighted by Gasteiger charge is -2.21. The molecule has 0 aliphatic heterocycles. The molecule has 0 saturated carbocycles. The van der Waals surface area contributed by atoms with E-state index in [1.165, 1.54) is 0 Å². The summed E-state index contributed by atoms with van der Waals surface area (Å²) >= 11 is 0. The molecule has 3 heteroatoms. The summed E-state index contributed by atoms with van der Waals surface area (Å²) in [5, 5.41) is 4.41. The third-order valence-electron chi connectivity index (χ3n) is 2.22. The van der Waals surface area contributed by atoms with Gasteiger partial charge in [-0.05, 0) is 51.1 Å². The molecule has 0 radical (unpaired) electrons. The summed E-state index contributed by atoms with van der Waals surface area (Å²) in [5.41, 5.74) is 7.47. The highest BCUT2D eigenvalue weighted by atomic mass is 15.0. The second kappa shape index (κ2) is 3.67. The molecule has 0 saturated heterocycles. The predicted molar refractivity (Wildman–Crippen MR) is 69.5 cm³/mol. The molecule has 3 nitrogen and oxygen atoms in total. The van der Waals surface area contributed by atoms with Crippen molar-refractivity contribution >= 4 is 22.4 Å². The number of anilines is 2. The number of nitrogens with zero attached hydrogens (tertiary/aromatic N) is 1. The van der Waals surface area contributed by atoms with E-state index >= 15 is 0 Å². The van der Waals surface area contributed by atoms with Crippen LogP contribution in [0.4, 0.5) is 11.5 Å². The Balaban J connectivity index is 2.41. The predicted octanol–water partition coefficient (Wildman–Crippen LogP) is 3.03. The molecule has 0 atom stereocenters. The summed E-state index contributed by atoms with van der Waals surface area (Å²) in [6, 6.07) is 9.76. The van der Waals surface area contributed by atoms with Gasteiger partial charge in [-0.15, -0.1) is 0 Å². The highest BCUT2D eigenvalue weighted by Crippen LogP contribution is 2.19. The van der Waals surface area contributed by atoms with E-state index in [0.29, 0.717) is 0 Å². The van der Waals surface area contributed by atoms with Gasteiger partial charge in [0.05, 0.1) is 5.52 Å². The van der Waals surface area contributed by atoms with Gasteiger partial charge >= 0.3 is 0 Å². The first-order valence-corrected chi connectivity index (χ1v) is 5.38. The summed E-state index contributed by atoms with van der Waals surface area (Å²) in [6.45, 7) is 6.34. The van der Waals surface area contributed by atoms with Crippen LogP contribution in [-0.4, -0.2) is 10.5 Å². The van der Waals surface area contributed by atoms with Crippen LogP contribution in [0.1, 0.15) is 20.8 Å². The highest BCUT2D eigenvalue weighted by Gasteiger charge is 2.10. The summed E-state index contributed by atoms with van der Waals surface area (Å²) < 4.78 is 0. The minimum atomic E-state index is 0.0223. The molecule has 2 rings (SSSR count). The van der Waals surface area contributed by atoms with Gasteiger partial charge in [0.15, 0.2) is 0 Å². The summed E-state index contributed by atoms with van der Waals surface area (Å²) in [7, 11) is 0. The highest BCUT2D eigenvalue weighted by molar-refractivity contribution is 5.83. The zero-order valence-electron chi connectivity index (χ0n) is 9.91. The maximum absolute atomic E-state index is 5.72. The molecule has 84 valence electrons. The second-order valence-corrected chi connectivity index (χ2v) is 5.02. The van der Waals surface area contributed by atoms with Crippen LogP contribution < -0.4 is 11.1 Å². The molecule has 16 heavy (non-hydrogen) atoms. The number of nitrogen functional groups attached to an aromatic ring is 1. The van der Waals surface area contributed by atoms with E-state index in [-0.39, 0.29) is 5.54 Å². The van der Waals surface area contributed by atoms with Gasteiger partial charge < -0.3 is 11.1 Å². The smallest absolute Gasteiger partial charge is 0.127 e. The first kappa shape index (κ1) is 10.7. The number of hydrogen-bond acceptors (Lipinski definition) is 3. The van der Waals surface area contributed by atoms with Gasteiger partial charge in [0.1, 0.15) is 5.82 Å². The monoisotopic (exact) mass is 215 g/mol. The van der Waals surface area contributed by atoms with Crippen LogP contribution in [0.2, 0.25) is 0 Å². The second-order valence-electron chi connectivity index (χ2n) is 5.02. The van der Waals surface area contributed by atoms with Crippen LogP contribution in [0.15, 0.2) is 30.3 Å². The largest absolute Gasteiger partial charge is 0.399 e. The van der Waals surface area contributed by atoms with E-state index in [1.807, 2.05) is 30.3 Å². The first-order chi connectivity index (χ1) is 7.44. The van der Waals surface area contributed by atoms with Gasteiger partial charge in [0.2, 0.25) is 0 Å². The van der Waals surface area contributed by atoms with Crippen molar-refractivity contribution < 1.29 is 0 Å². The van der Waals surface area contributed by atoms with Crippen LogP contribution in [0.3, 0.4) is 0 Å². The zero-order valence-corrected chi connectivity index (χ0v) is 9.91. The Hall–Kier alpha value is -1.77. The Kier molecular flexibility index (Phi) is 2.46. The maximum atomic E-state index is 5.72. The fourth-order valence-corrected chi connectivity index (χ4v) is 1.60. The molecule has 2 aromatic rings. The third-order valence-corrected chi connectivity index (χ3v) is 2.22. The molecule has 0 unspecified atom stereocenters. The van der Waals surface area contributed by atoms with E-state index in [0.717, 1.165) is 22.4 Å². The number of fused-ring (bicyclic) bond motifs is 1. The summed E-state index contributed by atoms with van der Waals surface area (Å²) in [6.07, 6.45) is 0. The van der Waals surface area contributed by atoms with Crippen molar-refractivity contribution in [2.45, 2.75) is 26.3 Å². The number of rotatable bonds is 1. The van der Waals surface area contributed by atoms with E-state index in [2.05, 4.69) is 31.1 Å². The molecule has 0 bridgehead atoms. The lowest BCUT2D eigenvalue weighted by Crippen LogP contribution is -2.26. The van der Waals surface area contributed by atoms with Crippen molar-refractivity contribution in [2.24, 2.45) is 0 Å². The standard InChI is InChI=1S/C13H17N3/c1-13(2,3)16-12-7-4-9-8-10(14)5-6-11(9)15-12/h4-8H,14H2,1-3H3,(H,15,16). The normalized spacial score (nSPS) is 11.7. The average Bonchev–Trinajstić information content (AvgIpc) is 2.16. The molecule has 1 aromatic heterocycles. The molecule has 0 amide bonds. The molecule has 1 aromatic carbocycles. The van der Waals surface area contributed by atoms with Crippen LogP contribution in [0.5, 0.6) is 0 Å². The SMILES string of the molecule is CC(C)(C)Nc1ccc2cc(N)ccc2n1. The van der Waals surface area contributed by atoms with E-state index in [1.54, 1.807) is 0 Å². The minimum Gasteiger partial charge on any atom is -0.399 e. The number of benzene rings is 1. The van der Waals surface area contributed by atoms with Crippen LogP contribution in [0, 0.1) is 0 Å². The van der Waals surface area contributed by atoms with E-state index in [4.69, 9.17) is 5.73 Å². The Morgan fingerprint density at radius 2 is 1.88 bits per heavy atom. The van der Waals surface area contributed by atoms with Gasteiger partial charge in [-0.25, -0.2) is 4.98 Å². The quantitative estimate of drug-likeness (QED) is 0.719. The van der Waals surface area contributed by atoms with Gasteiger partial charge in [-0.3, -0.25) is 0 Å². The molecule has 0 aliphatic carbocycles. The lowest BCUT2D eigenvalue weighted by atomic mass is 10.1. The molecule has 1 heterocycles. The summed E-state index contributed by atoms with van der Waals surface area (Å²) in [4.78, 5) is 4.54. The maximum Gasteiger partial charge on any atom is 0.127 e. The van der Waals surface area contributed by atoms with Crippen molar-refractivity contribution in [3.63, 3.8) is 0 Å². The Bertz CT molecular complexity index is 512. The number of aromatic nitrogens is 1. The van der Waals surface area contributed by atoms with Crippen molar-refractivity contribution in [1.29, 1.82) is 0 Å². The minimum absolute atomic E-state index is 0.0223. The van der Waals surface area contributed by atoms with E-state index < -0.39 is 0 Å². The average molecular weight is 215 g/mol. The van der Waals surface area contributed by atoms with Gasteiger partial charge in [-0.1, -0.05) is 0 Å². The van der Waals surface area contributed by atoms with Crippen LogP contribution >= 0.6 is 0 Å². The van der Waals surface area contributed by atoms with Gasteiger partial charge in [-0.2, -0.15) is 0 Å². The molecule has 0 spiro atoms. The fourth-order valence-electron chi connectivity index (χ4n) is 1.60. The Morgan fingerprint density at radius 1 is 1.12 bits per heavy atom. The van der Waals surface area contributed by atoms with Gasteiger partial charge in [0, 0.05) is 16.6 Å². The molecular formula is C13H17N3. The van der Waals surface area contributed by atoms with Crippen LogP contribution in [0.25, 0.3) is 10.9 Å². The molecule has 0 fully saturated rings. The van der Waals surface area contributed by atoms with Gasteiger partial charge in [0.25, 0.3) is 0 Å². The van der Waals surface area contributed by atoms with Crippen LogP contribution in [-0.2, 0) is 0 Å². The van der Waals surface area contributed by atoms with Crippen molar-refractivity contribution in [1.82, 2.24) is 4.98 Å². The lowest BCUT2D eigenvalue weighted by molar-refractivity contribution is 0.631. The number of hydrogen-bond donors (Lipinski definition) is 2. The van der Waals surface area contributed by atoms with Crippen molar-refractivity contribution in [2.75, 3.05) is 11.1 Å². The number of nitrogens with one attached hydrogen (secondary N) is 1. The first-order valence-electron chi connectivity index (χ1n) is 5.38. The molecule has 0 aliphatic rings. The topological polar surface area (TPSA) is 50.9 Å². The van der Waals surface area contributed by atoms with E-state index in [9.17, 15) is 0 Å². The Labute approximate surface area is 95.7 Å². The Morgan fingerprint density at radius 3 is 2.56 bits per heavy atom. The number of pyridine rings is 1. The zero-order chi connectivity index (χ0) is 11.8. The van der Waals surface area contributed by atoms with Crippen molar-refractivity contribution in [3.05, 3.63) is 30.3 Å².